The fourth-order valence-corrected chi connectivity index (χ4v) is 0.265. The molecule has 0 aromatic heterocycles. The first kappa shape index (κ1) is 2.58. The van der Waals surface area contributed by atoms with E-state index < -0.39 is 0 Å². The Kier molecular flexibility index (Phi) is 0.631. The highest BCUT2D eigenvalue weighted by molar-refractivity contribution is 7.36. The highest BCUT2D eigenvalue weighted by atomic mass is 31.1. The van der Waals surface area contributed by atoms with E-state index >= 15 is 0 Å². The molecule has 0 bridgehead atoms. The van der Waals surface area contributed by atoms with Crippen molar-refractivity contribution in [3.8, 4) is 0 Å². The van der Waals surface area contributed by atoms with E-state index in [1.807, 2.05) is 0 Å². The van der Waals surface area contributed by atoms with Gasteiger partial charge in [0.15, 0.2) is 0 Å². The van der Waals surface area contributed by atoms with Crippen LogP contribution in [0.1, 0.15) is 0 Å². The van der Waals surface area contributed by atoms with Gasteiger partial charge < -0.3 is 0 Å². The summed E-state index contributed by atoms with van der Waals surface area (Å²) in [4.78, 5) is 0. The first-order valence-electron chi connectivity index (χ1n) is 1.21. The van der Waals surface area contributed by atoms with Crippen molar-refractivity contribution >= 4 is 8.73 Å². The lowest BCUT2D eigenvalue weighted by Crippen LogP contribution is -2.34. The Bertz CT molecular complexity index is 14.0. The summed E-state index contributed by atoms with van der Waals surface area (Å²) in [6, 6.07) is 0. The summed E-state index contributed by atoms with van der Waals surface area (Å²) in [7, 11) is 0.960. The molecule has 4 heavy (non-hydrogen) atoms. The Morgan fingerprint density at radius 2 is 2.00 bits per heavy atom. The molecule has 0 aromatic rings. The van der Waals surface area contributed by atoms with Crippen molar-refractivity contribution in [1.29, 1.82) is 0 Å². The summed E-state index contributed by atoms with van der Waals surface area (Å²) in [6.07, 6.45) is 1.17. The zero-order valence-corrected chi connectivity index (χ0v) is 3.21. The van der Waals surface area contributed by atoms with E-state index in [4.69, 9.17) is 0 Å². The molecule has 1 atom stereocenters. The Morgan fingerprint density at radius 1 is 1.75 bits per heavy atom. The van der Waals surface area contributed by atoms with Crippen LogP contribution >= 0.6 is 8.73 Å². The van der Waals surface area contributed by atoms with Crippen molar-refractivity contribution in [3.05, 3.63) is 0 Å². The molecule has 0 aromatic carbocycles. The lowest BCUT2D eigenvalue weighted by Gasteiger charge is -2.12. The first-order valence-corrected chi connectivity index (χ1v) is 2.41. The van der Waals surface area contributed by atoms with Crippen LogP contribution in [-0.4, -0.2) is 6.29 Å². The number of nitrogens with one attached hydrogen (secondary N) is 2. The smallest absolute Gasteiger partial charge is 0.0421 e. The predicted octanol–water partition coefficient (Wildman–Crippen LogP) is -0.355. The fourth-order valence-electron chi connectivity index (χ4n) is 0.0884. The van der Waals surface area contributed by atoms with Crippen molar-refractivity contribution in [2.75, 3.05) is 6.29 Å². The Labute approximate surface area is 26.8 Å². The average Bonchev–Trinajstić information content (AvgIpc) is 0.722. The minimum absolute atomic E-state index is 0.960. The maximum atomic E-state index is 2.89. The summed E-state index contributed by atoms with van der Waals surface area (Å²) in [5.41, 5.74) is 2.87. The SMILES string of the molecule is C1NNP1. The van der Waals surface area contributed by atoms with Gasteiger partial charge in [0.05, 0.1) is 0 Å². The fraction of sp³-hybridized carbons (Fsp3) is 1.00. The van der Waals surface area contributed by atoms with E-state index in [2.05, 4.69) is 10.6 Å². The van der Waals surface area contributed by atoms with Gasteiger partial charge in [-0.2, -0.15) is 0 Å². The Morgan fingerprint density at radius 3 is 2.00 bits per heavy atom. The molecule has 1 heterocycles. The van der Waals surface area contributed by atoms with Crippen LogP contribution in [0.3, 0.4) is 0 Å². The quantitative estimate of drug-likeness (QED) is 0.385. The van der Waals surface area contributed by atoms with Crippen LogP contribution in [-0.2, 0) is 0 Å². The van der Waals surface area contributed by atoms with Gasteiger partial charge >= 0.3 is 0 Å². The van der Waals surface area contributed by atoms with Crippen molar-refractivity contribution in [3.63, 3.8) is 0 Å². The minimum atomic E-state index is 0.960. The number of hydrogen-bond acceptors (Lipinski definition) is 2. The van der Waals surface area contributed by atoms with E-state index in [0.29, 0.717) is 0 Å². The molecule has 3 heteroatoms. The van der Waals surface area contributed by atoms with Crippen LogP contribution in [0.25, 0.3) is 0 Å². The van der Waals surface area contributed by atoms with Gasteiger partial charge in [-0.15, -0.1) is 0 Å². The van der Waals surface area contributed by atoms with Crippen LogP contribution < -0.4 is 10.6 Å². The third kappa shape index (κ3) is 0.226. The van der Waals surface area contributed by atoms with Gasteiger partial charge in [0.2, 0.25) is 0 Å². The molecule has 0 saturated carbocycles. The second-order valence-corrected chi connectivity index (χ2v) is 1.61. The summed E-state index contributed by atoms with van der Waals surface area (Å²) in [5.74, 6) is 0. The molecule has 1 unspecified atom stereocenters. The molecular formula is CH5N2P. The van der Waals surface area contributed by atoms with Crippen LogP contribution in [0.2, 0.25) is 0 Å². The van der Waals surface area contributed by atoms with Gasteiger partial charge in [0.1, 0.15) is 0 Å². The minimum Gasteiger partial charge on any atom is -0.249 e. The molecular weight excluding hydrogens is 71.0 g/mol. The highest BCUT2D eigenvalue weighted by Gasteiger charge is 1.89. The number of rotatable bonds is 0. The molecule has 2 N–H and O–H groups in total. The van der Waals surface area contributed by atoms with Crippen molar-refractivity contribution in [1.82, 2.24) is 10.6 Å². The lowest BCUT2D eigenvalue weighted by molar-refractivity contribution is 0.719. The Balaban J connectivity index is 2.00. The monoisotopic (exact) mass is 76.0 g/mol. The van der Waals surface area contributed by atoms with Crippen LogP contribution in [0.15, 0.2) is 0 Å². The average molecular weight is 76.0 g/mol. The van der Waals surface area contributed by atoms with Gasteiger partial charge in [-0.3, -0.25) is 0 Å². The summed E-state index contributed by atoms with van der Waals surface area (Å²) >= 11 is 0. The van der Waals surface area contributed by atoms with E-state index in [0.717, 1.165) is 8.73 Å². The molecule has 0 aliphatic carbocycles. The summed E-state index contributed by atoms with van der Waals surface area (Å²) in [6.45, 7) is 0. The molecule has 1 fully saturated rings. The normalized spacial score (nSPS) is 30.0. The lowest BCUT2D eigenvalue weighted by atomic mass is 11.5. The van der Waals surface area contributed by atoms with Crippen molar-refractivity contribution in [2.24, 2.45) is 0 Å². The summed E-state index contributed by atoms with van der Waals surface area (Å²) in [5, 5.41) is 2.89. The van der Waals surface area contributed by atoms with Gasteiger partial charge in [0, 0.05) is 6.29 Å². The first-order chi connectivity index (χ1) is 2.00. The second-order valence-electron chi connectivity index (χ2n) is 0.655. The van der Waals surface area contributed by atoms with E-state index in [9.17, 15) is 0 Å². The third-order valence-corrected chi connectivity index (χ3v) is 1.06. The number of hydrogen-bond donors (Lipinski definition) is 2. The molecule has 1 aliphatic heterocycles. The Hall–Kier alpha value is 0.350. The second kappa shape index (κ2) is 0.978. The molecule has 0 radical (unpaired) electrons. The topological polar surface area (TPSA) is 24.1 Å². The molecule has 1 saturated heterocycles. The molecule has 1 rings (SSSR count). The van der Waals surface area contributed by atoms with Gasteiger partial charge in [-0.05, 0) is 8.73 Å². The standard InChI is InChI=1S/CH5N2P/c1-2-3-4-1/h2-4H,1H2. The summed E-state index contributed by atoms with van der Waals surface area (Å²) < 4.78 is 0. The largest absolute Gasteiger partial charge is 0.249 e. The maximum Gasteiger partial charge on any atom is 0.0421 e. The van der Waals surface area contributed by atoms with Gasteiger partial charge in [0.25, 0.3) is 0 Å². The van der Waals surface area contributed by atoms with E-state index in [1.165, 1.54) is 6.29 Å². The third-order valence-electron chi connectivity index (χ3n) is 0.354. The van der Waals surface area contributed by atoms with Crippen molar-refractivity contribution in [2.45, 2.75) is 0 Å². The molecule has 0 spiro atoms. The number of hydrazine groups is 1. The zero-order chi connectivity index (χ0) is 2.83. The van der Waals surface area contributed by atoms with Crippen LogP contribution in [0.4, 0.5) is 0 Å². The van der Waals surface area contributed by atoms with Crippen molar-refractivity contribution < 1.29 is 0 Å². The van der Waals surface area contributed by atoms with Gasteiger partial charge in [-0.1, -0.05) is 0 Å². The molecule has 0 amide bonds. The van der Waals surface area contributed by atoms with E-state index in [-0.39, 0.29) is 0 Å². The van der Waals surface area contributed by atoms with Gasteiger partial charge in [-0.25, -0.2) is 10.6 Å². The van der Waals surface area contributed by atoms with Crippen LogP contribution in [0, 0.1) is 0 Å². The van der Waals surface area contributed by atoms with E-state index in [1.54, 1.807) is 0 Å². The molecule has 24 valence electrons. The maximum absolute atomic E-state index is 2.89. The zero-order valence-electron chi connectivity index (χ0n) is 2.21. The predicted molar refractivity (Wildman–Crippen MR) is 19.5 cm³/mol. The van der Waals surface area contributed by atoms with Crippen LogP contribution in [0.5, 0.6) is 0 Å². The highest BCUT2D eigenvalue weighted by Crippen LogP contribution is 2.02. The molecule has 1 aliphatic rings. The molecule has 2 nitrogen and oxygen atoms in total.